The molecule has 0 aliphatic carbocycles. The Morgan fingerprint density at radius 1 is 1.24 bits per heavy atom. The number of benzene rings is 2. The fourth-order valence-corrected chi connectivity index (χ4v) is 1.92. The zero-order valence-corrected chi connectivity index (χ0v) is 11.2. The van der Waals surface area contributed by atoms with Gasteiger partial charge in [0.2, 0.25) is 0 Å². The van der Waals surface area contributed by atoms with Crippen LogP contribution in [0.2, 0.25) is 0 Å². The number of nitrogens with one attached hydrogen (secondary N) is 1. The Bertz CT molecular complexity index is 726. The molecule has 1 N–H and O–H groups in total. The van der Waals surface area contributed by atoms with E-state index in [1.54, 1.807) is 37.3 Å². The Morgan fingerprint density at radius 2 is 1.95 bits per heavy atom. The molecule has 2 rings (SSSR count). The number of rotatable bonds is 3. The van der Waals surface area contributed by atoms with Gasteiger partial charge in [0.1, 0.15) is 5.69 Å². The van der Waals surface area contributed by atoms with E-state index in [1.165, 1.54) is 6.07 Å². The standard InChI is InChI=1S/C14H12N2O5/c1-2-21-14(18)13(17)15-11-8-7-9-5-3-4-6-10(9)12(11)16(19)20/h3-8H,2H2,1H3,(H,15,17). The maximum absolute atomic E-state index is 11.6. The number of hydrogen-bond acceptors (Lipinski definition) is 5. The third-order valence-corrected chi connectivity index (χ3v) is 2.79. The summed E-state index contributed by atoms with van der Waals surface area (Å²) >= 11 is 0. The average molecular weight is 288 g/mol. The molecule has 0 heterocycles. The molecule has 0 atom stereocenters. The van der Waals surface area contributed by atoms with E-state index in [2.05, 4.69) is 10.1 Å². The van der Waals surface area contributed by atoms with Gasteiger partial charge in [0.05, 0.1) is 16.9 Å². The van der Waals surface area contributed by atoms with Gasteiger partial charge in [0, 0.05) is 0 Å². The van der Waals surface area contributed by atoms with E-state index in [-0.39, 0.29) is 18.0 Å². The number of anilines is 1. The van der Waals surface area contributed by atoms with Crippen molar-refractivity contribution in [2.45, 2.75) is 6.92 Å². The fourth-order valence-electron chi connectivity index (χ4n) is 1.92. The number of hydrogen-bond donors (Lipinski definition) is 1. The van der Waals surface area contributed by atoms with Crippen LogP contribution in [0, 0.1) is 10.1 Å². The third-order valence-electron chi connectivity index (χ3n) is 2.79. The summed E-state index contributed by atoms with van der Waals surface area (Å²) < 4.78 is 4.54. The molecule has 2 aromatic carbocycles. The summed E-state index contributed by atoms with van der Waals surface area (Å²) in [7, 11) is 0. The lowest BCUT2D eigenvalue weighted by molar-refractivity contribution is -0.382. The summed E-state index contributed by atoms with van der Waals surface area (Å²) in [4.78, 5) is 33.5. The van der Waals surface area contributed by atoms with Gasteiger partial charge in [0.25, 0.3) is 0 Å². The predicted octanol–water partition coefficient (Wildman–Crippen LogP) is 2.25. The van der Waals surface area contributed by atoms with Gasteiger partial charge in [-0.25, -0.2) is 4.79 Å². The minimum Gasteiger partial charge on any atom is -0.459 e. The van der Waals surface area contributed by atoms with Crippen molar-refractivity contribution in [1.82, 2.24) is 0 Å². The first-order valence-electron chi connectivity index (χ1n) is 6.18. The Morgan fingerprint density at radius 3 is 2.62 bits per heavy atom. The highest BCUT2D eigenvalue weighted by atomic mass is 16.6. The lowest BCUT2D eigenvalue weighted by atomic mass is 10.1. The lowest BCUT2D eigenvalue weighted by Gasteiger charge is -2.07. The molecule has 0 aliphatic rings. The molecule has 0 aliphatic heterocycles. The minimum absolute atomic E-state index is 0.0447. The molecule has 1 amide bonds. The van der Waals surface area contributed by atoms with Crippen molar-refractivity contribution in [2.75, 3.05) is 11.9 Å². The van der Waals surface area contributed by atoms with Gasteiger partial charge in [0.15, 0.2) is 0 Å². The van der Waals surface area contributed by atoms with Crippen molar-refractivity contribution >= 4 is 34.0 Å². The zero-order valence-electron chi connectivity index (χ0n) is 11.2. The molecule has 7 heteroatoms. The van der Waals surface area contributed by atoms with Crippen LogP contribution in [0.4, 0.5) is 11.4 Å². The quantitative estimate of drug-likeness (QED) is 0.404. The summed E-state index contributed by atoms with van der Waals surface area (Å²) in [6.45, 7) is 1.61. The van der Waals surface area contributed by atoms with Crippen LogP contribution in [0.15, 0.2) is 36.4 Å². The van der Waals surface area contributed by atoms with Gasteiger partial charge in [-0.2, -0.15) is 0 Å². The maximum Gasteiger partial charge on any atom is 0.397 e. The van der Waals surface area contributed by atoms with E-state index < -0.39 is 16.8 Å². The van der Waals surface area contributed by atoms with Crippen molar-refractivity contribution in [3.05, 3.63) is 46.5 Å². The number of carbonyl (C=O) groups excluding carboxylic acids is 2. The topological polar surface area (TPSA) is 98.5 Å². The Hall–Kier alpha value is -2.96. The second kappa shape index (κ2) is 6.00. The van der Waals surface area contributed by atoms with Crippen molar-refractivity contribution in [3.63, 3.8) is 0 Å². The molecule has 21 heavy (non-hydrogen) atoms. The number of fused-ring (bicyclic) bond motifs is 1. The van der Waals surface area contributed by atoms with Gasteiger partial charge in [-0.3, -0.25) is 14.9 Å². The average Bonchev–Trinajstić information content (AvgIpc) is 2.46. The van der Waals surface area contributed by atoms with Gasteiger partial charge in [-0.1, -0.05) is 24.3 Å². The first-order chi connectivity index (χ1) is 10.0. The summed E-state index contributed by atoms with van der Waals surface area (Å²) in [5.41, 5.74) is -0.303. The number of nitro benzene ring substituents is 1. The van der Waals surface area contributed by atoms with Crippen molar-refractivity contribution in [3.8, 4) is 0 Å². The normalized spacial score (nSPS) is 10.1. The number of nitro groups is 1. The molecule has 0 fully saturated rings. The van der Waals surface area contributed by atoms with Crippen molar-refractivity contribution in [1.29, 1.82) is 0 Å². The first-order valence-corrected chi connectivity index (χ1v) is 6.18. The number of carbonyl (C=O) groups is 2. The molecule has 0 spiro atoms. The molecule has 0 aromatic heterocycles. The Kier molecular flexibility index (Phi) is 4.13. The third kappa shape index (κ3) is 2.97. The fraction of sp³-hybridized carbons (Fsp3) is 0.143. The van der Waals surface area contributed by atoms with E-state index in [0.29, 0.717) is 10.8 Å². The zero-order chi connectivity index (χ0) is 15.4. The lowest BCUT2D eigenvalue weighted by Crippen LogP contribution is -2.25. The first kappa shape index (κ1) is 14.4. The smallest absolute Gasteiger partial charge is 0.397 e. The van der Waals surface area contributed by atoms with Crippen LogP contribution < -0.4 is 5.32 Å². The van der Waals surface area contributed by atoms with Crippen LogP contribution in [0.3, 0.4) is 0 Å². The van der Waals surface area contributed by atoms with Gasteiger partial charge in [-0.05, 0) is 24.4 Å². The van der Waals surface area contributed by atoms with Crippen LogP contribution in [0.25, 0.3) is 10.8 Å². The Balaban J connectivity index is 2.44. The van der Waals surface area contributed by atoms with Gasteiger partial charge in [-0.15, -0.1) is 0 Å². The number of amides is 1. The molecular formula is C14H12N2O5. The largest absolute Gasteiger partial charge is 0.459 e. The number of nitrogens with zero attached hydrogens (tertiary/aromatic N) is 1. The Labute approximate surface area is 119 Å². The van der Waals surface area contributed by atoms with E-state index >= 15 is 0 Å². The second-order valence-corrected chi connectivity index (χ2v) is 4.11. The van der Waals surface area contributed by atoms with Crippen LogP contribution in [0.5, 0.6) is 0 Å². The van der Waals surface area contributed by atoms with Crippen LogP contribution in [-0.2, 0) is 14.3 Å². The van der Waals surface area contributed by atoms with Crippen LogP contribution in [0.1, 0.15) is 6.92 Å². The number of ether oxygens (including phenoxy) is 1. The van der Waals surface area contributed by atoms with E-state index in [9.17, 15) is 19.7 Å². The molecule has 0 bridgehead atoms. The van der Waals surface area contributed by atoms with E-state index in [4.69, 9.17) is 0 Å². The molecule has 0 unspecified atom stereocenters. The van der Waals surface area contributed by atoms with Crippen molar-refractivity contribution < 1.29 is 19.2 Å². The van der Waals surface area contributed by atoms with Gasteiger partial charge < -0.3 is 10.1 Å². The van der Waals surface area contributed by atoms with Crippen molar-refractivity contribution in [2.24, 2.45) is 0 Å². The molecule has 0 saturated carbocycles. The SMILES string of the molecule is CCOC(=O)C(=O)Nc1ccc2ccccc2c1[N+](=O)[O-]. The minimum atomic E-state index is -1.08. The summed E-state index contributed by atoms with van der Waals surface area (Å²) in [6, 6.07) is 9.72. The summed E-state index contributed by atoms with van der Waals surface area (Å²) in [5, 5.41) is 14.5. The second-order valence-electron chi connectivity index (χ2n) is 4.11. The molecule has 108 valence electrons. The van der Waals surface area contributed by atoms with E-state index in [1.807, 2.05) is 0 Å². The molecule has 0 radical (unpaired) electrons. The van der Waals surface area contributed by atoms with E-state index in [0.717, 1.165) is 0 Å². The highest BCUT2D eigenvalue weighted by molar-refractivity contribution is 6.37. The molecular weight excluding hydrogens is 276 g/mol. The molecule has 7 nitrogen and oxygen atoms in total. The van der Waals surface area contributed by atoms with Gasteiger partial charge >= 0.3 is 17.6 Å². The monoisotopic (exact) mass is 288 g/mol. The molecule has 0 saturated heterocycles. The summed E-state index contributed by atoms with van der Waals surface area (Å²) in [5.74, 6) is -2.13. The number of esters is 1. The molecule has 2 aromatic rings. The highest BCUT2D eigenvalue weighted by Gasteiger charge is 2.23. The van der Waals surface area contributed by atoms with Crippen LogP contribution >= 0.6 is 0 Å². The highest BCUT2D eigenvalue weighted by Crippen LogP contribution is 2.33. The predicted molar refractivity (Wildman–Crippen MR) is 75.9 cm³/mol. The summed E-state index contributed by atoms with van der Waals surface area (Å²) in [6.07, 6.45) is 0. The maximum atomic E-state index is 11.6. The van der Waals surface area contributed by atoms with Crippen LogP contribution in [-0.4, -0.2) is 23.4 Å².